The van der Waals surface area contributed by atoms with Crippen molar-refractivity contribution in [2.24, 2.45) is 0 Å². The van der Waals surface area contributed by atoms with Crippen LogP contribution in [0.15, 0.2) is 24.8 Å². The van der Waals surface area contributed by atoms with Crippen LogP contribution in [-0.2, 0) is 4.74 Å². The Bertz CT molecular complexity index is 586. The van der Waals surface area contributed by atoms with E-state index in [1.807, 2.05) is 0 Å². The summed E-state index contributed by atoms with van der Waals surface area (Å²) in [6.07, 6.45) is 5.50. The van der Waals surface area contributed by atoms with Gasteiger partial charge in [0, 0.05) is 5.88 Å². The van der Waals surface area contributed by atoms with E-state index in [2.05, 4.69) is 15.0 Å². The fourth-order valence-electron chi connectivity index (χ4n) is 1.77. The molecule has 88 valence electrons. The second kappa shape index (κ2) is 5.33. The van der Waals surface area contributed by atoms with E-state index in [9.17, 15) is 5.11 Å². The Balaban J connectivity index is 0.00000120. The molecule has 0 saturated carbocycles. The van der Waals surface area contributed by atoms with Crippen molar-refractivity contribution in [2.45, 2.75) is 12.3 Å². The topological polar surface area (TPSA) is 96.1 Å². The van der Waals surface area contributed by atoms with Crippen LogP contribution >= 0.6 is 0 Å². The van der Waals surface area contributed by atoms with E-state index >= 15 is 0 Å². The molecule has 0 fully saturated rings. The largest absolute Gasteiger partial charge is 1.00 e. The molecule has 8 heteroatoms. The molecule has 2 atom stereocenters. The van der Waals surface area contributed by atoms with Crippen molar-refractivity contribution in [1.82, 2.24) is 19.5 Å². The summed E-state index contributed by atoms with van der Waals surface area (Å²) in [5.74, 6) is -0.408. The molecule has 3 rings (SSSR count). The van der Waals surface area contributed by atoms with E-state index in [0.717, 1.165) is 0 Å². The minimum Gasteiger partial charge on any atom is -0.857 e. The summed E-state index contributed by atoms with van der Waals surface area (Å²) in [6, 6.07) is 0. The molecule has 0 radical (unpaired) electrons. The van der Waals surface area contributed by atoms with Crippen LogP contribution in [0.5, 0.6) is 5.88 Å². The average Bonchev–Trinajstić information content (AvgIpc) is 2.94. The van der Waals surface area contributed by atoms with Gasteiger partial charge in [-0.05, 0) is 6.08 Å². The summed E-state index contributed by atoms with van der Waals surface area (Å²) in [6.45, 7) is -0.0819. The fraction of sp³-hybridized carbons (Fsp3) is 0.300. The van der Waals surface area contributed by atoms with Crippen molar-refractivity contribution in [3.8, 4) is 5.88 Å². The predicted octanol–water partition coefficient (Wildman–Crippen LogP) is -3.65. The first-order valence-electron chi connectivity index (χ1n) is 5.09. The summed E-state index contributed by atoms with van der Waals surface area (Å²) >= 11 is 0. The Morgan fingerprint density at radius 2 is 2.17 bits per heavy atom. The van der Waals surface area contributed by atoms with E-state index < -0.39 is 12.1 Å². The van der Waals surface area contributed by atoms with Gasteiger partial charge in [-0.2, -0.15) is 0 Å². The van der Waals surface area contributed by atoms with Crippen LogP contribution in [0.25, 0.3) is 11.2 Å². The van der Waals surface area contributed by atoms with Crippen LogP contribution in [-0.4, -0.2) is 37.3 Å². The Morgan fingerprint density at radius 3 is 2.89 bits per heavy atom. The molecule has 0 spiro atoms. The quantitative estimate of drug-likeness (QED) is 0.439. The SMILES string of the molecule is [Na+].[O-]c1ncnc2c1ncn2[C@H]1C=C[C@@H](CO)O1. The van der Waals surface area contributed by atoms with Gasteiger partial charge in [0.2, 0.25) is 0 Å². The monoisotopic (exact) mass is 256 g/mol. The van der Waals surface area contributed by atoms with Gasteiger partial charge >= 0.3 is 29.6 Å². The molecule has 0 unspecified atom stereocenters. The van der Waals surface area contributed by atoms with E-state index in [1.165, 1.54) is 12.7 Å². The van der Waals surface area contributed by atoms with Crippen molar-refractivity contribution in [2.75, 3.05) is 6.61 Å². The van der Waals surface area contributed by atoms with Crippen LogP contribution in [0.1, 0.15) is 6.23 Å². The van der Waals surface area contributed by atoms with Gasteiger partial charge in [0.25, 0.3) is 0 Å². The number of hydrogen-bond acceptors (Lipinski definition) is 6. The molecule has 0 aromatic carbocycles. The fourth-order valence-corrected chi connectivity index (χ4v) is 1.77. The average molecular weight is 256 g/mol. The molecular weight excluding hydrogens is 247 g/mol. The summed E-state index contributed by atoms with van der Waals surface area (Å²) in [5.41, 5.74) is 0.648. The summed E-state index contributed by atoms with van der Waals surface area (Å²) in [7, 11) is 0. The zero-order valence-electron chi connectivity index (χ0n) is 9.72. The van der Waals surface area contributed by atoms with E-state index in [1.54, 1.807) is 16.7 Å². The maximum absolute atomic E-state index is 11.4. The maximum Gasteiger partial charge on any atom is 1.00 e. The predicted molar refractivity (Wildman–Crippen MR) is 54.9 cm³/mol. The van der Waals surface area contributed by atoms with Crippen LogP contribution in [0.2, 0.25) is 0 Å². The smallest absolute Gasteiger partial charge is 0.857 e. The summed E-state index contributed by atoms with van der Waals surface area (Å²) in [5, 5.41) is 20.4. The number of imidazole rings is 1. The molecule has 1 aliphatic rings. The second-order valence-electron chi connectivity index (χ2n) is 3.64. The van der Waals surface area contributed by atoms with Crippen LogP contribution in [0.4, 0.5) is 0 Å². The number of rotatable bonds is 2. The molecule has 0 saturated heterocycles. The maximum atomic E-state index is 11.4. The zero-order chi connectivity index (χ0) is 11.8. The van der Waals surface area contributed by atoms with Crippen LogP contribution in [0.3, 0.4) is 0 Å². The van der Waals surface area contributed by atoms with Crippen molar-refractivity contribution in [3.63, 3.8) is 0 Å². The molecule has 2 aromatic heterocycles. The first-order chi connectivity index (χ1) is 8.29. The number of aliphatic hydroxyl groups excluding tert-OH is 1. The molecule has 3 heterocycles. The number of fused-ring (bicyclic) bond motifs is 1. The zero-order valence-corrected chi connectivity index (χ0v) is 11.7. The molecule has 0 amide bonds. The van der Waals surface area contributed by atoms with Crippen LogP contribution < -0.4 is 34.7 Å². The van der Waals surface area contributed by atoms with Crippen molar-refractivity contribution < 1.29 is 44.5 Å². The molecule has 7 nitrogen and oxygen atoms in total. The molecular formula is C10H9N4NaO3. The van der Waals surface area contributed by atoms with Crippen molar-refractivity contribution >= 4 is 11.2 Å². The number of aromatic nitrogens is 4. The normalized spacial score (nSPS) is 22.3. The van der Waals surface area contributed by atoms with Gasteiger partial charge in [-0.15, -0.1) is 0 Å². The minimum atomic E-state index is -0.408. The molecule has 0 bridgehead atoms. The van der Waals surface area contributed by atoms with Gasteiger partial charge in [0.1, 0.15) is 17.9 Å². The first-order valence-corrected chi connectivity index (χ1v) is 5.09. The van der Waals surface area contributed by atoms with E-state index in [4.69, 9.17) is 9.84 Å². The minimum absolute atomic E-state index is 0. The number of aliphatic hydroxyl groups is 1. The second-order valence-corrected chi connectivity index (χ2v) is 3.64. The van der Waals surface area contributed by atoms with E-state index in [-0.39, 0.29) is 47.8 Å². The third kappa shape index (κ3) is 2.15. The van der Waals surface area contributed by atoms with Gasteiger partial charge in [-0.1, -0.05) is 6.08 Å². The van der Waals surface area contributed by atoms with Crippen LogP contribution in [0, 0.1) is 0 Å². The third-order valence-corrected chi connectivity index (χ3v) is 2.58. The van der Waals surface area contributed by atoms with Gasteiger partial charge in [0.15, 0.2) is 11.9 Å². The Kier molecular flexibility index (Phi) is 3.98. The third-order valence-electron chi connectivity index (χ3n) is 2.58. The standard InChI is InChI=1S/C10H10N4O3.Na/c15-3-6-1-2-7(17-6)14-5-13-8-9(14)11-4-12-10(8)16;/h1-2,4-7,15H,3H2,(H,11,12,16);/q;+1/p-1/t6-,7+;/m0./s1. The molecule has 18 heavy (non-hydrogen) atoms. The first kappa shape index (κ1) is 13.4. The number of nitrogens with zero attached hydrogens (tertiary/aromatic N) is 4. The van der Waals surface area contributed by atoms with Gasteiger partial charge in [-0.25, -0.2) is 9.97 Å². The molecule has 1 N–H and O–H groups in total. The number of ether oxygens (including phenoxy) is 1. The van der Waals surface area contributed by atoms with Gasteiger partial charge in [-0.3, -0.25) is 9.55 Å². The molecule has 0 aliphatic carbocycles. The number of hydrogen-bond donors (Lipinski definition) is 1. The Labute approximate surface area is 124 Å². The summed E-state index contributed by atoms with van der Waals surface area (Å²) in [4.78, 5) is 11.5. The van der Waals surface area contributed by atoms with Gasteiger partial charge < -0.3 is 14.9 Å². The van der Waals surface area contributed by atoms with Gasteiger partial charge in [0.05, 0.1) is 12.9 Å². The Hall–Kier alpha value is -0.990. The van der Waals surface area contributed by atoms with Crippen molar-refractivity contribution in [3.05, 3.63) is 24.8 Å². The summed E-state index contributed by atoms with van der Waals surface area (Å²) < 4.78 is 7.13. The molecule has 2 aromatic rings. The Morgan fingerprint density at radius 1 is 1.33 bits per heavy atom. The van der Waals surface area contributed by atoms with Crippen molar-refractivity contribution in [1.29, 1.82) is 0 Å². The molecule has 1 aliphatic heterocycles. The van der Waals surface area contributed by atoms with E-state index in [0.29, 0.717) is 5.65 Å².